The van der Waals surface area contributed by atoms with Crippen molar-refractivity contribution in [2.45, 2.75) is 6.92 Å². The number of ketones is 1. The number of hydrogen-bond donors (Lipinski definition) is 2. The standard InChI is InChI=1S/C17H13ClN2O4/c1-9-2-4-10(5-3-9)16(22)17(23)20-12-7-14-13(6-11(12)18)19-15(21)8-24-14/h2-7H,8H2,1H3,(H,19,21)(H,20,23). The highest BCUT2D eigenvalue weighted by Gasteiger charge is 2.21. The maximum Gasteiger partial charge on any atom is 0.296 e. The Kier molecular flexibility index (Phi) is 4.22. The van der Waals surface area contributed by atoms with E-state index in [-0.39, 0.29) is 28.8 Å². The van der Waals surface area contributed by atoms with Crippen LogP contribution in [-0.4, -0.2) is 24.2 Å². The molecule has 2 amide bonds. The van der Waals surface area contributed by atoms with Gasteiger partial charge in [0, 0.05) is 11.6 Å². The number of hydrogen-bond acceptors (Lipinski definition) is 4. The Labute approximate surface area is 142 Å². The number of nitrogens with one attached hydrogen (secondary N) is 2. The van der Waals surface area contributed by atoms with Crippen molar-refractivity contribution >= 4 is 40.6 Å². The van der Waals surface area contributed by atoms with E-state index in [0.29, 0.717) is 11.4 Å². The van der Waals surface area contributed by atoms with Gasteiger partial charge in [0.05, 0.1) is 16.4 Å². The van der Waals surface area contributed by atoms with Gasteiger partial charge in [0.15, 0.2) is 6.61 Å². The Morgan fingerprint density at radius 3 is 2.62 bits per heavy atom. The molecule has 0 bridgehead atoms. The van der Waals surface area contributed by atoms with Crippen molar-refractivity contribution in [2.24, 2.45) is 0 Å². The Morgan fingerprint density at radius 1 is 1.21 bits per heavy atom. The maximum absolute atomic E-state index is 12.2. The van der Waals surface area contributed by atoms with E-state index in [1.165, 1.54) is 12.1 Å². The molecular formula is C17H13ClN2O4. The average Bonchev–Trinajstić information content (AvgIpc) is 2.55. The van der Waals surface area contributed by atoms with Crippen molar-refractivity contribution in [1.29, 1.82) is 0 Å². The molecule has 24 heavy (non-hydrogen) atoms. The SMILES string of the molecule is Cc1ccc(C(=O)C(=O)Nc2cc3c(cc2Cl)NC(=O)CO3)cc1. The van der Waals surface area contributed by atoms with Crippen LogP contribution in [0.2, 0.25) is 5.02 Å². The number of ether oxygens (including phenoxy) is 1. The second kappa shape index (κ2) is 6.33. The molecule has 0 atom stereocenters. The van der Waals surface area contributed by atoms with E-state index in [2.05, 4.69) is 10.6 Å². The fourth-order valence-electron chi connectivity index (χ4n) is 2.21. The van der Waals surface area contributed by atoms with E-state index in [1.54, 1.807) is 24.3 Å². The molecule has 2 aromatic carbocycles. The van der Waals surface area contributed by atoms with Gasteiger partial charge in [-0.3, -0.25) is 14.4 Å². The fourth-order valence-corrected chi connectivity index (χ4v) is 2.42. The summed E-state index contributed by atoms with van der Waals surface area (Å²) < 4.78 is 5.26. The zero-order chi connectivity index (χ0) is 17.3. The molecule has 1 aliphatic heterocycles. The van der Waals surface area contributed by atoms with Crippen LogP contribution in [0.15, 0.2) is 36.4 Å². The van der Waals surface area contributed by atoms with E-state index in [4.69, 9.17) is 16.3 Å². The number of amides is 2. The Morgan fingerprint density at radius 2 is 1.92 bits per heavy atom. The van der Waals surface area contributed by atoms with Crippen LogP contribution in [-0.2, 0) is 9.59 Å². The Hall–Kier alpha value is -2.86. The lowest BCUT2D eigenvalue weighted by molar-refractivity contribution is -0.118. The van der Waals surface area contributed by atoms with E-state index in [9.17, 15) is 14.4 Å². The van der Waals surface area contributed by atoms with Crippen LogP contribution in [0.4, 0.5) is 11.4 Å². The summed E-state index contributed by atoms with van der Waals surface area (Å²) in [5.41, 5.74) is 1.93. The maximum atomic E-state index is 12.2. The van der Waals surface area contributed by atoms with Crippen LogP contribution < -0.4 is 15.4 Å². The molecule has 2 N–H and O–H groups in total. The van der Waals surface area contributed by atoms with Crippen LogP contribution in [0.5, 0.6) is 5.75 Å². The summed E-state index contributed by atoms with van der Waals surface area (Å²) in [6.07, 6.45) is 0. The number of anilines is 2. The summed E-state index contributed by atoms with van der Waals surface area (Å²) in [6, 6.07) is 9.61. The fraction of sp³-hybridized carbons (Fsp3) is 0.118. The van der Waals surface area contributed by atoms with E-state index in [0.717, 1.165) is 5.56 Å². The van der Waals surface area contributed by atoms with Gasteiger partial charge >= 0.3 is 0 Å². The predicted molar refractivity (Wildman–Crippen MR) is 89.7 cm³/mol. The van der Waals surface area contributed by atoms with Gasteiger partial charge in [-0.25, -0.2) is 0 Å². The number of Topliss-reactive ketones (excluding diaryl/α,β-unsaturated/α-hetero) is 1. The lowest BCUT2D eigenvalue weighted by Gasteiger charge is -2.19. The molecule has 0 aliphatic carbocycles. The predicted octanol–water partition coefficient (Wildman–Crippen LogP) is 2.80. The summed E-state index contributed by atoms with van der Waals surface area (Å²) in [7, 11) is 0. The monoisotopic (exact) mass is 344 g/mol. The first kappa shape index (κ1) is 16.0. The molecule has 1 heterocycles. The molecule has 0 saturated carbocycles. The molecule has 2 aromatic rings. The lowest BCUT2D eigenvalue weighted by atomic mass is 10.1. The highest BCUT2D eigenvalue weighted by atomic mass is 35.5. The topological polar surface area (TPSA) is 84.5 Å². The van der Waals surface area contributed by atoms with Gasteiger partial charge in [-0.2, -0.15) is 0 Å². The summed E-state index contributed by atoms with van der Waals surface area (Å²) in [5.74, 6) is -1.39. The Bertz CT molecular complexity index is 846. The van der Waals surface area contributed by atoms with Crippen molar-refractivity contribution < 1.29 is 19.1 Å². The molecule has 0 spiro atoms. The van der Waals surface area contributed by atoms with Crippen LogP contribution in [0.1, 0.15) is 15.9 Å². The third-order valence-corrected chi connectivity index (χ3v) is 3.78. The minimum atomic E-state index is -0.805. The van der Waals surface area contributed by atoms with Crippen molar-refractivity contribution in [2.75, 3.05) is 17.2 Å². The molecule has 3 rings (SSSR count). The molecule has 0 fully saturated rings. The molecule has 6 nitrogen and oxygen atoms in total. The number of fused-ring (bicyclic) bond motifs is 1. The van der Waals surface area contributed by atoms with Crippen molar-refractivity contribution in [3.63, 3.8) is 0 Å². The average molecular weight is 345 g/mol. The molecule has 0 aromatic heterocycles. The minimum Gasteiger partial charge on any atom is -0.482 e. The number of halogens is 1. The first-order chi connectivity index (χ1) is 11.4. The Balaban J connectivity index is 1.80. The second-order valence-corrected chi connectivity index (χ2v) is 5.72. The second-order valence-electron chi connectivity index (χ2n) is 5.31. The normalized spacial score (nSPS) is 12.7. The number of carbonyl (C=O) groups excluding carboxylic acids is 3. The minimum absolute atomic E-state index is 0.121. The highest BCUT2D eigenvalue weighted by molar-refractivity contribution is 6.47. The molecule has 0 radical (unpaired) electrons. The van der Waals surface area contributed by atoms with Crippen molar-refractivity contribution in [3.05, 3.63) is 52.5 Å². The zero-order valence-corrected chi connectivity index (χ0v) is 13.4. The van der Waals surface area contributed by atoms with E-state index >= 15 is 0 Å². The number of carbonyl (C=O) groups is 3. The van der Waals surface area contributed by atoms with Gasteiger partial charge in [0.25, 0.3) is 17.6 Å². The van der Waals surface area contributed by atoms with Crippen LogP contribution in [0.3, 0.4) is 0 Å². The largest absolute Gasteiger partial charge is 0.482 e. The van der Waals surface area contributed by atoms with E-state index in [1.807, 2.05) is 6.92 Å². The van der Waals surface area contributed by atoms with Gasteiger partial charge in [-0.15, -0.1) is 0 Å². The summed E-state index contributed by atoms with van der Waals surface area (Å²) in [6.45, 7) is 1.77. The van der Waals surface area contributed by atoms with Gasteiger partial charge in [0.1, 0.15) is 5.75 Å². The number of rotatable bonds is 3. The lowest BCUT2D eigenvalue weighted by Crippen LogP contribution is -2.26. The number of benzene rings is 2. The van der Waals surface area contributed by atoms with Gasteiger partial charge in [-0.05, 0) is 13.0 Å². The molecule has 0 saturated heterocycles. The van der Waals surface area contributed by atoms with Crippen molar-refractivity contribution in [1.82, 2.24) is 0 Å². The van der Waals surface area contributed by atoms with Gasteiger partial charge in [-0.1, -0.05) is 41.4 Å². The molecule has 1 aliphatic rings. The third-order valence-electron chi connectivity index (χ3n) is 3.47. The van der Waals surface area contributed by atoms with Crippen LogP contribution in [0, 0.1) is 6.92 Å². The summed E-state index contributed by atoms with van der Waals surface area (Å²) >= 11 is 6.09. The van der Waals surface area contributed by atoms with Gasteiger partial charge < -0.3 is 15.4 Å². The molecule has 7 heteroatoms. The van der Waals surface area contributed by atoms with Gasteiger partial charge in [0.2, 0.25) is 0 Å². The molecular weight excluding hydrogens is 332 g/mol. The number of aryl methyl sites for hydroxylation is 1. The highest BCUT2D eigenvalue weighted by Crippen LogP contribution is 2.36. The first-order valence-corrected chi connectivity index (χ1v) is 7.50. The van der Waals surface area contributed by atoms with Crippen LogP contribution in [0.25, 0.3) is 0 Å². The molecule has 122 valence electrons. The summed E-state index contributed by atoms with van der Waals surface area (Å²) in [5, 5.41) is 5.26. The van der Waals surface area contributed by atoms with Crippen molar-refractivity contribution in [3.8, 4) is 5.75 Å². The molecule has 0 unspecified atom stereocenters. The first-order valence-electron chi connectivity index (χ1n) is 7.12. The summed E-state index contributed by atoms with van der Waals surface area (Å²) in [4.78, 5) is 35.6. The third kappa shape index (κ3) is 3.23. The zero-order valence-electron chi connectivity index (χ0n) is 12.7. The van der Waals surface area contributed by atoms with Crippen LogP contribution >= 0.6 is 11.6 Å². The van der Waals surface area contributed by atoms with E-state index < -0.39 is 11.7 Å². The smallest absolute Gasteiger partial charge is 0.296 e. The quantitative estimate of drug-likeness (QED) is 0.662.